The van der Waals surface area contributed by atoms with Crippen molar-refractivity contribution in [2.24, 2.45) is 21.4 Å². The van der Waals surface area contributed by atoms with Gasteiger partial charge in [0.05, 0.1) is 21.7 Å². The molecule has 2 aromatic carbocycles. The second-order valence-electron chi connectivity index (χ2n) is 9.22. The van der Waals surface area contributed by atoms with Gasteiger partial charge in [-0.2, -0.15) is 0 Å². The maximum atomic E-state index is 13.5. The van der Waals surface area contributed by atoms with Gasteiger partial charge in [0.1, 0.15) is 0 Å². The molecular formula is C24H23Cl3N2O3. The molecule has 2 aliphatic rings. The number of hydrogen-bond acceptors (Lipinski definition) is 4. The number of benzene rings is 2. The fourth-order valence-corrected chi connectivity index (χ4v) is 5.91. The predicted molar refractivity (Wildman–Crippen MR) is 128 cm³/mol. The zero-order chi connectivity index (χ0) is 23.3. The number of fused-ring (bicyclic) bond motifs is 2. The second-order valence-corrected chi connectivity index (χ2v) is 10.5. The van der Waals surface area contributed by atoms with Crippen LogP contribution in [0.15, 0.2) is 47.6 Å². The van der Waals surface area contributed by atoms with Crippen molar-refractivity contribution in [1.29, 1.82) is 0 Å². The molecule has 4 rings (SSSR count). The van der Waals surface area contributed by atoms with Crippen LogP contribution in [0.5, 0.6) is 0 Å². The molecule has 1 amide bonds. The Morgan fingerprint density at radius 2 is 1.66 bits per heavy atom. The number of nitrogens with zero attached hydrogens (tertiary/aromatic N) is 1. The molecule has 0 aliphatic heterocycles. The Morgan fingerprint density at radius 1 is 1.00 bits per heavy atom. The fraction of sp³-hybridized carbons (Fsp3) is 0.375. The van der Waals surface area contributed by atoms with Crippen LogP contribution in [0.2, 0.25) is 15.1 Å². The summed E-state index contributed by atoms with van der Waals surface area (Å²) in [4.78, 5) is 31.3. The molecule has 2 aliphatic carbocycles. The number of oxime groups is 1. The Bertz CT molecular complexity index is 1130. The van der Waals surface area contributed by atoms with Crippen molar-refractivity contribution < 1.29 is 14.4 Å². The third kappa shape index (κ3) is 3.51. The van der Waals surface area contributed by atoms with Crippen molar-refractivity contribution >= 4 is 58.1 Å². The second kappa shape index (κ2) is 8.05. The van der Waals surface area contributed by atoms with E-state index in [0.29, 0.717) is 39.3 Å². The number of carbonyl (C=O) groups excluding carboxylic acids is 2. The summed E-state index contributed by atoms with van der Waals surface area (Å²) in [6.07, 6.45) is 1.85. The third-order valence-electron chi connectivity index (χ3n) is 7.62. The van der Waals surface area contributed by atoms with Crippen LogP contribution < -0.4 is 5.32 Å². The lowest BCUT2D eigenvalue weighted by atomic mass is 9.64. The van der Waals surface area contributed by atoms with Crippen molar-refractivity contribution in [3.05, 3.63) is 63.1 Å². The van der Waals surface area contributed by atoms with Crippen LogP contribution in [-0.2, 0) is 9.63 Å². The monoisotopic (exact) mass is 492 g/mol. The summed E-state index contributed by atoms with van der Waals surface area (Å²) in [5, 5.41) is 8.42. The first-order chi connectivity index (χ1) is 15.0. The molecule has 0 aromatic heterocycles. The topological polar surface area (TPSA) is 67.8 Å². The lowest BCUT2D eigenvalue weighted by molar-refractivity contribution is -0.130. The maximum Gasteiger partial charge on any atom is 0.367 e. The molecule has 32 heavy (non-hydrogen) atoms. The molecule has 0 spiro atoms. The summed E-state index contributed by atoms with van der Waals surface area (Å²) in [6.45, 7) is 6.22. The molecular weight excluding hydrogens is 471 g/mol. The Morgan fingerprint density at radius 3 is 2.31 bits per heavy atom. The normalized spacial score (nSPS) is 26.9. The summed E-state index contributed by atoms with van der Waals surface area (Å²) < 4.78 is 0. The summed E-state index contributed by atoms with van der Waals surface area (Å²) in [5.74, 6) is -0.744. The highest BCUT2D eigenvalue weighted by molar-refractivity contribution is 6.35. The number of amides is 1. The SMILES string of the molecule is CC12CCC(C(=O)Nc3cc(Cl)cc(Cl)c3)(C/C1=N/OC(=O)c1ccccc1Cl)C2(C)C. The predicted octanol–water partition coefficient (Wildman–Crippen LogP) is 7.01. The van der Waals surface area contributed by atoms with Crippen LogP contribution in [0.3, 0.4) is 0 Å². The van der Waals surface area contributed by atoms with E-state index >= 15 is 0 Å². The average molecular weight is 494 g/mol. The van der Waals surface area contributed by atoms with Gasteiger partial charge in [0.15, 0.2) is 0 Å². The van der Waals surface area contributed by atoms with Gasteiger partial charge in [0.2, 0.25) is 5.91 Å². The number of rotatable bonds is 4. The zero-order valence-electron chi connectivity index (χ0n) is 18.0. The number of halogens is 3. The van der Waals surface area contributed by atoms with Crippen LogP contribution in [0.25, 0.3) is 0 Å². The molecule has 5 nitrogen and oxygen atoms in total. The smallest absolute Gasteiger partial charge is 0.325 e. The van der Waals surface area contributed by atoms with Gasteiger partial charge in [-0.05, 0) is 48.6 Å². The van der Waals surface area contributed by atoms with Gasteiger partial charge in [-0.15, -0.1) is 0 Å². The molecule has 8 heteroatoms. The van der Waals surface area contributed by atoms with E-state index < -0.39 is 22.2 Å². The van der Waals surface area contributed by atoms with Crippen molar-refractivity contribution in [1.82, 2.24) is 0 Å². The first kappa shape index (κ1) is 23.1. The van der Waals surface area contributed by atoms with E-state index in [4.69, 9.17) is 39.6 Å². The van der Waals surface area contributed by atoms with Crippen molar-refractivity contribution in [2.75, 3.05) is 5.32 Å². The van der Waals surface area contributed by atoms with Gasteiger partial charge >= 0.3 is 5.97 Å². The van der Waals surface area contributed by atoms with E-state index in [9.17, 15) is 9.59 Å². The number of anilines is 1. The average Bonchev–Trinajstić information content (AvgIpc) is 3.02. The van der Waals surface area contributed by atoms with E-state index in [2.05, 4.69) is 31.2 Å². The summed E-state index contributed by atoms with van der Waals surface area (Å²) in [6, 6.07) is 11.6. The zero-order valence-corrected chi connectivity index (χ0v) is 20.2. The van der Waals surface area contributed by atoms with Crippen LogP contribution in [0.4, 0.5) is 5.69 Å². The maximum absolute atomic E-state index is 13.5. The molecule has 2 atom stereocenters. The van der Waals surface area contributed by atoms with Gasteiger partial charge in [0.25, 0.3) is 0 Å². The third-order valence-corrected chi connectivity index (χ3v) is 8.39. The molecule has 1 N–H and O–H groups in total. The minimum Gasteiger partial charge on any atom is -0.325 e. The summed E-state index contributed by atoms with van der Waals surface area (Å²) in [5.41, 5.74) is -0.0163. The fourth-order valence-electron chi connectivity index (χ4n) is 5.17. The van der Waals surface area contributed by atoms with Crippen molar-refractivity contribution in [2.45, 2.75) is 40.0 Å². The molecule has 0 heterocycles. The molecule has 0 saturated heterocycles. The van der Waals surface area contributed by atoms with Crippen molar-refractivity contribution in [3.8, 4) is 0 Å². The first-order valence-electron chi connectivity index (χ1n) is 10.3. The van der Waals surface area contributed by atoms with E-state index in [1.165, 1.54) is 0 Å². The summed E-state index contributed by atoms with van der Waals surface area (Å²) >= 11 is 18.3. The van der Waals surface area contributed by atoms with Crippen LogP contribution in [-0.4, -0.2) is 17.6 Å². The highest BCUT2D eigenvalue weighted by Gasteiger charge is 2.71. The largest absolute Gasteiger partial charge is 0.367 e. The molecule has 2 aromatic rings. The lowest BCUT2D eigenvalue weighted by Crippen LogP contribution is -2.43. The molecule has 168 valence electrons. The molecule has 2 saturated carbocycles. The highest BCUT2D eigenvalue weighted by Crippen LogP contribution is 2.71. The van der Waals surface area contributed by atoms with E-state index in [1.807, 2.05) is 0 Å². The van der Waals surface area contributed by atoms with Crippen LogP contribution in [0.1, 0.15) is 50.4 Å². The number of carbonyl (C=O) groups is 2. The highest BCUT2D eigenvalue weighted by atomic mass is 35.5. The minimum absolute atomic E-state index is 0.118. The minimum atomic E-state index is -0.702. The molecule has 0 radical (unpaired) electrons. The van der Waals surface area contributed by atoms with Gasteiger partial charge in [-0.25, -0.2) is 4.79 Å². The Labute approximate surface area is 202 Å². The Kier molecular flexibility index (Phi) is 5.81. The van der Waals surface area contributed by atoms with E-state index in [-0.39, 0.29) is 11.5 Å². The Balaban J connectivity index is 1.61. The van der Waals surface area contributed by atoms with Gasteiger partial charge < -0.3 is 10.2 Å². The summed E-state index contributed by atoms with van der Waals surface area (Å²) in [7, 11) is 0. The molecule has 2 bridgehead atoms. The number of hydrogen-bond donors (Lipinski definition) is 1. The standard InChI is InChI=1S/C24H23Cl3N2O3/c1-22(2)23(3)8-9-24(22,21(31)28-16-11-14(25)10-15(26)12-16)13-19(23)29-32-20(30)17-6-4-5-7-18(17)27/h4-7,10-12H,8-9,13H2,1-3H3,(H,28,31)/b29-19-. The van der Waals surface area contributed by atoms with E-state index in [0.717, 1.165) is 6.42 Å². The van der Waals surface area contributed by atoms with Gasteiger partial charge in [-0.3, -0.25) is 4.79 Å². The number of nitrogens with one attached hydrogen (secondary N) is 1. The van der Waals surface area contributed by atoms with Gasteiger partial charge in [-0.1, -0.05) is 72.9 Å². The first-order valence-corrected chi connectivity index (χ1v) is 11.4. The lowest BCUT2D eigenvalue weighted by Gasteiger charge is -2.39. The molecule has 2 fully saturated rings. The van der Waals surface area contributed by atoms with Crippen LogP contribution in [0, 0.1) is 16.2 Å². The Hall–Kier alpha value is -2.08. The molecule has 2 unspecified atom stereocenters. The van der Waals surface area contributed by atoms with Gasteiger partial charge in [0, 0.05) is 27.6 Å². The van der Waals surface area contributed by atoms with E-state index in [1.54, 1.807) is 42.5 Å². The quantitative estimate of drug-likeness (QED) is 0.368. The van der Waals surface area contributed by atoms with Crippen LogP contribution >= 0.6 is 34.8 Å². The van der Waals surface area contributed by atoms with Crippen molar-refractivity contribution in [3.63, 3.8) is 0 Å².